The van der Waals surface area contributed by atoms with Crippen LogP contribution in [0.4, 0.5) is 0 Å². The van der Waals surface area contributed by atoms with Crippen molar-refractivity contribution in [3.63, 3.8) is 0 Å². The molecule has 1 aliphatic rings. The number of rotatable bonds is 9. The summed E-state index contributed by atoms with van der Waals surface area (Å²) in [5, 5.41) is 3.18. The minimum Gasteiger partial charge on any atom is -0.493 e. The van der Waals surface area contributed by atoms with Crippen LogP contribution in [0.5, 0.6) is 11.5 Å². The van der Waals surface area contributed by atoms with Gasteiger partial charge in [-0.15, -0.1) is 0 Å². The average Bonchev–Trinajstić information content (AvgIpc) is 3.59. The molecule has 0 spiro atoms. The van der Waals surface area contributed by atoms with E-state index in [0.29, 0.717) is 17.1 Å². The van der Waals surface area contributed by atoms with E-state index in [-0.39, 0.29) is 30.2 Å². The number of furan rings is 1. The van der Waals surface area contributed by atoms with E-state index in [9.17, 15) is 9.59 Å². The standard InChI is InChI=1S/C28H32N2O5/c1-19-13-15-20(16-14-19)18-30(28(32)24-12-7-17-35-24)25(27(31)29-21-8-4-5-9-21)22-10-6-11-23(33-2)26(22)34-3/h6-7,10-17,21,25H,4-5,8-9,18H2,1-3H3,(H,29,31)/t25-/m0/s1. The van der Waals surface area contributed by atoms with Gasteiger partial charge in [-0.2, -0.15) is 0 Å². The summed E-state index contributed by atoms with van der Waals surface area (Å²) in [6.07, 6.45) is 5.47. The van der Waals surface area contributed by atoms with Gasteiger partial charge in [0.15, 0.2) is 17.3 Å². The number of hydrogen-bond acceptors (Lipinski definition) is 5. The van der Waals surface area contributed by atoms with Crippen LogP contribution in [0.1, 0.15) is 59.0 Å². The number of nitrogens with one attached hydrogen (secondary N) is 1. The summed E-state index contributed by atoms with van der Waals surface area (Å²) in [5.74, 6) is 0.437. The zero-order valence-corrected chi connectivity index (χ0v) is 20.5. The van der Waals surface area contributed by atoms with Crippen molar-refractivity contribution in [1.29, 1.82) is 0 Å². The number of hydrogen-bond donors (Lipinski definition) is 1. The molecule has 1 heterocycles. The van der Waals surface area contributed by atoms with Crippen LogP contribution >= 0.6 is 0 Å². The molecule has 184 valence electrons. The third kappa shape index (κ3) is 5.50. The predicted octanol–water partition coefficient (Wildman–Crippen LogP) is 5.05. The normalized spacial score (nSPS) is 14.4. The predicted molar refractivity (Wildman–Crippen MR) is 132 cm³/mol. The monoisotopic (exact) mass is 476 g/mol. The molecule has 3 aromatic rings. The lowest BCUT2D eigenvalue weighted by atomic mass is 10.00. The molecule has 35 heavy (non-hydrogen) atoms. The van der Waals surface area contributed by atoms with Crippen LogP contribution in [0.25, 0.3) is 0 Å². The van der Waals surface area contributed by atoms with E-state index in [1.54, 1.807) is 42.3 Å². The third-order valence-corrected chi connectivity index (χ3v) is 6.46. The first-order valence-corrected chi connectivity index (χ1v) is 11.9. The molecule has 1 atom stereocenters. The zero-order valence-electron chi connectivity index (χ0n) is 20.5. The molecule has 1 saturated carbocycles. The van der Waals surface area contributed by atoms with Crippen molar-refractivity contribution in [2.24, 2.45) is 0 Å². The fourth-order valence-electron chi connectivity index (χ4n) is 4.64. The van der Waals surface area contributed by atoms with Gasteiger partial charge in [-0.1, -0.05) is 54.8 Å². The highest BCUT2D eigenvalue weighted by molar-refractivity contribution is 5.96. The molecule has 1 aromatic heterocycles. The maximum atomic E-state index is 13.9. The molecule has 0 saturated heterocycles. The molecule has 4 rings (SSSR count). The second-order valence-electron chi connectivity index (χ2n) is 8.87. The van der Waals surface area contributed by atoms with Crippen LogP contribution in [0.3, 0.4) is 0 Å². The minimum absolute atomic E-state index is 0.0848. The van der Waals surface area contributed by atoms with Gasteiger partial charge in [0.2, 0.25) is 5.91 Å². The molecule has 0 unspecified atom stereocenters. The summed E-state index contributed by atoms with van der Waals surface area (Å²) in [7, 11) is 3.08. The second-order valence-corrected chi connectivity index (χ2v) is 8.87. The number of nitrogens with zero attached hydrogens (tertiary/aromatic N) is 1. The number of benzene rings is 2. The van der Waals surface area contributed by atoms with Crippen LogP contribution in [0, 0.1) is 6.92 Å². The molecule has 0 aliphatic heterocycles. The van der Waals surface area contributed by atoms with E-state index in [2.05, 4.69) is 5.32 Å². The van der Waals surface area contributed by atoms with Crippen molar-refractivity contribution in [3.8, 4) is 11.5 Å². The van der Waals surface area contributed by atoms with E-state index in [4.69, 9.17) is 13.9 Å². The number of ether oxygens (including phenoxy) is 2. The van der Waals surface area contributed by atoms with E-state index < -0.39 is 6.04 Å². The fourth-order valence-corrected chi connectivity index (χ4v) is 4.64. The van der Waals surface area contributed by atoms with Gasteiger partial charge in [0.05, 0.1) is 20.5 Å². The Kier molecular flexibility index (Phi) is 7.75. The lowest BCUT2D eigenvalue weighted by Crippen LogP contribution is -2.46. The van der Waals surface area contributed by atoms with Gasteiger partial charge < -0.3 is 24.1 Å². The van der Waals surface area contributed by atoms with E-state index in [0.717, 1.165) is 36.8 Å². The maximum absolute atomic E-state index is 13.9. The first-order chi connectivity index (χ1) is 17.0. The van der Waals surface area contributed by atoms with Gasteiger partial charge in [0, 0.05) is 18.2 Å². The van der Waals surface area contributed by atoms with Crippen LogP contribution in [-0.2, 0) is 11.3 Å². The minimum atomic E-state index is -0.959. The van der Waals surface area contributed by atoms with Gasteiger partial charge in [-0.3, -0.25) is 9.59 Å². The highest BCUT2D eigenvalue weighted by Gasteiger charge is 2.37. The fraction of sp³-hybridized carbons (Fsp3) is 0.357. The molecule has 1 fully saturated rings. The van der Waals surface area contributed by atoms with Gasteiger partial charge in [0.25, 0.3) is 5.91 Å². The number of amides is 2. The first-order valence-electron chi connectivity index (χ1n) is 11.9. The maximum Gasteiger partial charge on any atom is 0.290 e. The third-order valence-electron chi connectivity index (χ3n) is 6.46. The lowest BCUT2D eigenvalue weighted by molar-refractivity contribution is -0.126. The molecular weight excluding hydrogens is 444 g/mol. The Bertz CT molecular complexity index is 1130. The Morgan fingerprint density at radius 2 is 1.77 bits per heavy atom. The van der Waals surface area contributed by atoms with Crippen molar-refractivity contribution in [3.05, 3.63) is 83.3 Å². The lowest BCUT2D eigenvalue weighted by Gasteiger charge is -2.32. The molecular formula is C28H32N2O5. The summed E-state index contributed by atoms with van der Waals surface area (Å²) < 4.78 is 16.6. The van der Waals surface area contributed by atoms with Gasteiger partial charge >= 0.3 is 0 Å². The van der Waals surface area contributed by atoms with Crippen molar-refractivity contribution in [2.45, 2.75) is 51.2 Å². The summed E-state index contributed by atoms with van der Waals surface area (Å²) in [5.41, 5.74) is 2.56. The summed E-state index contributed by atoms with van der Waals surface area (Å²) in [4.78, 5) is 29.2. The topological polar surface area (TPSA) is 81.0 Å². The zero-order chi connectivity index (χ0) is 24.8. The number of carbonyl (C=O) groups is 2. The Morgan fingerprint density at radius 3 is 2.40 bits per heavy atom. The number of aryl methyl sites for hydroxylation is 1. The van der Waals surface area contributed by atoms with Crippen LogP contribution in [-0.4, -0.2) is 37.0 Å². The van der Waals surface area contributed by atoms with E-state index in [1.165, 1.54) is 13.4 Å². The molecule has 0 bridgehead atoms. The number of carbonyl (C=O) groups excluding carboxylic acids is 2. The van der Waals surface area contributed by atoms with Crippen LogP contribution in [0.2, 0.25) is 0 Å². The van der Waals surface area contributed by atoms with E-state index >= 15 is 0 Å². The van der Waals surface area contributed by atoms with Crippen molar-refractivity contribution < 1.29 is 23.5 Å². The number of para-hydroxylation sites is 1. The molecule has 7 nitrogen and oxygen atoms in total. The highest BCUT2D eigenvalue weighted by Crippen LogP contribution is 2.38. The van der Waals surface area contributed by atoms with E-state index in [1.807, 2.05) is 31.2 Å². The van der Waals surface area contributed by atoms with Crippen molar-refractivity contribution in [2.75, 3.05) is 14.2 Å². The smallest absolute Gasteiger partial charge is 0.290 e. The Labute approximate surface area is 206 Å². The van der Waals surface area contributed by atoms with Gasteiger partial charge in [-0.25, -0.2) is 0 Å². The van der Waals surface area contributed by atoms with Crippen molar-refractivity contribution in [1.82, 2.24) is 10.2 Å². The van der Waals surface area contributed by atoms with Crippen LogP contribution in [0.15, 0.2) is 65.3 Å². The first kappa shape index (κ1) is 24.4. The molecule has 2 amide bonds. The summed E-state index contributed by atoms with van der Waals surface area (Å²) >= 11 is 0. The van der Waals surface area contributed by atoms with Crippen LogP contribution < -0.4 is 14.8 Å². The summed E-state index contributed by atoms with van der Waals surface area (Å²) in [6, 6.07) is 15.7. The molecule has 1 N–H and O–H groups in total. The quantitative estimate of drug-likeness (QED) is 0.468. The molecule has 2 aromatic carbocycles. The Hall–Kier alpha value is -3.74. The number of methoxy groups -OCH3 is 2. The van der Waals surface area contributed by atoms with Gasteiger partial charge in [0.1, 0.15) is 6.04 Å². The summed E-state index contributed by atoms with van der Waals surface area (Å²) in [6.45, 7) is 2.22. The molecule has 1 aliphatic carbocycles. The Balaban J connectivity index is 1.82. The Morgan fingerprint density at radius 1 is 1.03 bits per heavy atom. The second kappa shape index (κ2) is 11.1. The molecule has 7 heteroatoms. The largest absolute Gasteiger partial charge is 0.493 e. The van der Waals surface area contributed by atoms with Gasteiger partial charge in [-0.05, 0) is 43.5 Å². The highest BCUT2D eigenvalue weighted by atomic mass is 16.5. The average molecular weight is 477 g/mol. The molecule has 0 radical (unpaired) electrons. The SMILES string of the molecule is COc1cccc([C@@H](C(=O)NC2CCCC2)N(Cc2ccc(C)cc2)C(=O)c2ccco2)c1OC. The van der Waals surface area contributed by atoms with Crippen molar-refractivity contribution >= 4 is 11.8 Å².